The van der Waals surface area contributed by atoms with Crippen molar-refractivity contribution < 1.29 is 23.2 Å². The maximum absolute atomic E-state index is 13.8. The van der Waals surface area contributed by atoms with Gasteiger partial charge in [0.1, 0.15) is 30.5 Å². The fraction of sp³-hybridized carbons (Fsp3) is 0.200. The number of nitrogens with zero attached hydrogens (tertiary/aromatic N) is 1. The zero-order valence-corrected chi connectivity index (χ0v) is 14.8. The highest BCUT2D eigenvalue weighted by molar-refractivity contribution is 5.77. The monoisotopic (exact) mass is 370 g/mol. The first-order valence-electron chi connectivity index (χ1n) is 8.43. The van der Waals surface area contributed by atoms with E-state index in [1.54, 1.807) is 25.1 Å². The van der Waals surface area contributed by atoms with Gasteiger partial charge < -0.3 is 9.15 Å². The van der Waals surface area contributed by atoms with Crippen molar-refractivity contribution in [2.45, 2.75) is 13.3 Å². The molecule has 1 heterocycles. The van der Waals surface area contributed by atoms with Crippen molar-refractivity contribution in [3.63, 3.8) is 0 Å². The van der Waals surface area contributed by atoms with E-state index in [-0.39, 0.29) is 30.4 Å². The molecule has 1 aromatic heterocycles. The number of para-hydroxylation sites is 1. The summed E-state index contributed by atoms with van der Waals surface area (Å²) in [4.78, 5) is 21.3. The van der Waals surface area contributed by atoms with Crippen LogP contribution in [0.4, 0.5) is 4.39 Å². The fourth-order valence-electron chi connectivity index (χ4n) is 2.38. The van der Waals surface area contributed by atoms with Crippen LogP contribution in [0, 0.1) is 12.7 Å². The van der Waals surface area contributed by atoms with Crippen LogP contribution >= 0.6 is 0 Å². The summed E-state index contributed by atoms with van der Waals surface area (Å²) in [7, 11) is 0. The van der Waals surface area contributed by atoms with E-state index in [1.807, 2.05) is 30.3 Å². The van der Waals surface area contributed by atoms with E-state index >= 15 is 0 Å². The summed E-state index contributed by atoms with van der Waals surface area (Å²) in [5, 5.41) is 0. The highest BCUT2D eigenvalue weighted by Crippen LogP contribution is 2.24. The number of benzene rings is 2. The molecule has 0 spiro atoms. The van der Waals surface area contributed by atoms with Crippen molar-refractivity contribution >= 4 is 5.91 Å². The van der Waals surface area contributed by atoms with Gasteiger partial charge in [-0.2, -0.15) is 0 Å². The third-order valence-corrected chi connectivity index (χ3v) is 3.71. The van der Waals surface area contributed by atoms with Gasteiger partial charge >= 0.3 is 0 Å². The first-order chi connectivity index (χ1) is 13.1. The second kappa shape index (κ2) is 8.95. The number of hydrogen-bond acceptors (Lipinski definition) is 5. The molecule has 0 aliphatic heterocycles. The number of hydroxylamine groups is 1. The molecular weight excluding hydrogens is 351 g/mol. The number of aryl methyl sites for hydroxylation is 1. The second-order valence-electron chi connectivity index (χ2n) is 5.71. The van der Waals surface area contributed by atoms with E-state index < -0.39 is 5.82 Å². The van der Waals surface area contributed by atoms with Gasteiger partial charge in [0, 0.05) is 0 Å². The van der Waals surface area contributed by atoms with Crippen LogP contribution in [0.1, 0.15) is 11.5 Å². The minimum absolute atomic E-state index is 0.0384. The van der Waals surface area contributed by atoms with E-state index in [1.165, 1.54) is 6.07 Å². The standard InChI is InChI=1S/C20H19FN2O4/c1-14-18(22-20(27-14)16-9-5-6-10-17(16)21)13-19(24)23-26-12-11-25-15-7-3-2-4-8-15/h2-10H,11-13H2,1H3,(H,23,24). The molecule has 3 rings (SSSR count). The van der Waals surface area contributed by atoms with E-state index in [0.29, 0.717) is 18.1 Å². The van der Waals surface area contributed by atoms with Crippen molar-refractivity contribution in [3.8, 4) is 17.2 Å². The molecule has 0 saturated carbocycles. The number of ether oxygens (including phenoxy) is 1. The van der Waals surface area contributed by atoms with Crippen LogP contribution in [0.3, 0.4) is 0 Å². The Hall–Kier alpha value is -3.19. The SMILES string of the molecule is Cc1oc(-c2ccccc2F)nc1CC(=O)NOCCOc1ccccc1. The Morgan fingerprint density at radius 1 is 1.11 bits per heavy atom. The third kappa shape index (κ3) is 5.15. The van der Waals surface area contributed by atoms with Crippen LogP contribution in [0.15, 0.2) is 59.0 Å². The molecule has 1 N–H and O–H groups in total. The Morgan fingerprint density at radius 2 is 1.85 bits per heavy atom. The normalized spacial score (nSPS) is 10.6. The number of nitrogens with one attached hydrogen (secondary N) is 1. The summed E-state index contributed by atoms with van der Waals surface area (Å²) in [6.45, 7) is 2.16. The fourth-order valence-corrected chi connectivity index (χ4v) is 2.38. The van der Waals surface area contributed by atoms with Crippen LogP contribution in [-0.2, 0) is 16.1 Å². The number of rotatable bonds is 8. The van der Waals surface area contributed by atoms with Gasteiger partial charge in [0.05, 0.1) is 17.7 Å². The molecule has 0 aliphatic carbocycles. The van der Waals surface area contributed by atoms with Crippen molar-refractivity contribution in [2.75, 3.05) is 13.2 Å². The molecule has 0 bridgehead atoms. The molecule has 1 amide bonds. The van der Waals surface area contributed by atoms with Crippen molar-refractivity contribution in [1.29, 1.82) is 0 Å². The number of amides is 1. The van der Waals surface area contributed by atoms with Gasteiger partial charge in [0.2, 0.25) is 11.8 Å². The molecule has 0 radical (unpaired) electrons. The van der Waals surface area contributed by atoms with Crippen LogP contribution in [0.25, 0.3) is 11.5 Å². The van der Waals surface area contributed by atoms with E-state index in [4.69, 9.17) is 14.0 Å². The van der Waals surface area contributed by atoms with Crippen LogP contribution in [0.5, 0.6) is 5.75 Å². The van der Waals surface area contributed by atoms with Crippen molar-refractivity contribution in [1.82, 2.24) is 10.5 Å². The molecule has 140 valence electrons. The van der Waals surface area contributed by atoms with Gasteiger partial charge in [-0.25, -0.2) is 14.9 Å². The number of halogens is 1. The summed E-state index contributed by atoms with van der Waals surface area (Å²) < 4.78 is 24.8. The van der Waals surface area contributed by atoms with E-state index in [9.17, 15) is 9.18 Å². The Morgan fingerprint density at radius 3 is 2.63 bits per heavy atom. The molecule has 3 aromatic rings. The Balaban J connectivity index is 1.46. The van der Waals surface area contributed by atoms with Gasteiger partial charge in [0.15, 0.2) is 0 Å². The lowest BCUT2D eigenvalue weighted by atomic mass is 10.2. The minimum Gasteiger partial charge on any atom is -0.491 e. The average molecular weight is 370 g/mol. The van der Waals surface area contributed by atoms with Crippen LogP contribution < -0.4 is 10.2 Å². The maximum Gasteiger partial charge on any atom is 0.249 e. The summed E-state index contributed by atoms with van der Waals surface area (Å²) in [5.41, 5.74) is 3.01. The number of hydrogen-bond donors (Lipinski definition) is 1. The van der Waals surface area contributed by atoms with Gasteiger partial charge in [-0.05, 0) is 31.2 Å². The first kappa shape index (κ1) is 18.6. The number of aromatic nitrogens is 1. The number of oxazole rings is 1. The van der Waals surface area contributed by atoms with Gasteiger partial charge in [-0.1, -0.05) is 30.3 Å². The molecule has 6 nitrogen and oxygen atoms in total. The molecule has 2 aromatic carbocycles. The third-order valence-electron chi connectivity index (χ3n) is 3.71. The predicted molar refractivity (Wildman–Crippen MR) is 96.4 cm³/mol. The number of carbonyl (C=O) groups excluding carboxylic acids is 1. The van der Waals surface area contributed by atoms with Crippen LogP contribution in [0.2, 0.25) is 0 Å². The van der Waals surface area contributed by atoms with E-state index in [2.05, 4.69) is 10.5 Å². The maximum atomic E-state index is 13.8. The lowest BCUT2D eigenvalue weighted by Crippen LogP contribution is -2.27. The second-order valence-corrected chi connectivity index (χ2v) is 5.71. The zero-order chi connectivity index (χ0) is 19.1. The summed E-state index contributed by atoms with van der Waals surface area (Å²) in [6, 6.07) is 15.5. The van der Waals surface area contributed by atoms with Crippen LogP contribution in [-0.4, -0.2) is 24.1 Å². The molecule has 0 aliphatic rings. The lowest BCUT2D eigenvalue weighted by Gasteiger charge is -2.07. The van der Waals surface area contributed by atoms with Gasteiger partial charge in [0.25, 0.3) is 0 Å². The molecule has 0 fully saturated rings. The van der Waals surface area contributed by atoms with Crippen molar-refractivity contribution in [2.24, 2.45) is 0 Å². The highest BCUT2D eigenvalue weighted by atomic mass is 19.1. The topological polar surface area (TPSA) is 73.6 Å². The average Bonchev–Trinajstić information content (AvgIpc) is 3.03. The summed E-state index contributed by atoms with van der Waals surface area (Å²) in [5.74, 6) is 0.510. The summed E-state index contributed by atoms with van der Waals surface area (Å²) in [6.07, 6.45) is -0.0384. The Bertz CT molecular complexity index is 896. The smallest absolute Gasteiger partial charge is 0.249 e. The molecule has 27 heavy (non-hydrogen) atoms. The molecular formula is C20H19FN2O4. The van der Waals surface area contributed by atoms with Gasteiger partial charge in [-0.3, -0.25) is 9.63 Å². The quantitative estimate of drug-likeness (QED) is 0.486. The number of carbonyl (C=O) groups is 1. The van der Waals surface area contributed by atoms with Gasteiger partial charge in [-0.15, -0.1) is 0 Å². The van der Waals surface area contributed by atoms with E-state index in [0.717, 1.165) is 5.75 Å². The Kier molecular flexibility index (Phi) is 6.17. The summed E-state index contributed by atoms with van der Waals surface area (Å²) >= 11 is 0. The van der Waals surface area contributed by atoms with Crippen molar-refractivity contribution in [3.05, 3.63) is 71.9 Å². The first-order valence-corrected chi connectivity index (χ1v) is 8.43. The Labute approximate surface area is 155 Å². The zero-order valence-electron chi connectivity index (χ0n) is 14.8. The molecule has 0 atom stereocenters. The highest BCUT2D eigenvalue weighted by Gasteiger charge is 2.16. The minimum atomic E-state index is -0.434. The molecule has 0 saturated heterocycles. The predicted octanol–water partition coefficient (Wildman–Crippen LogP) is 3.46. The largest absolute Gasteiger partial charge is 0.491 e. The molecule has 7 heteroatoms. The lowest BCUT2D eigenvalue weighted by molar-refractivity contribution is -0.133. The molecule has 0 unspecified atom stereocenters.